The van der Waals surface area contributed by atoms with Gasteiger partial charge in [-0.25, -0.2) is 9.78 Å². The van der Waals surface area contributed by atoms with Gasteiger partial charge in [-0.05, 0) is 48.2 Å². The standard InChI is InChI=1S/C25H26N4OS/c1-19-8-2-3-10-21(19)18-29(17-20-9-6-14-26-16-20)25(30)27-15-7-13-24-28-22-11-4-5-12-23(22)31-24/h2-6,8-12,14,16H,7,13,15,17-18H2,1H3,(H,27,30). The van der Waals surface area contributed by atoms with Crippen molar-refractivity contribution < 1.29 is 4.79 Å². The van der Waals surface area contributed by atoms with E-state index < -0.39 is 0 Å². The number of para-hydroxylation sites is 1. The van der Waals surface area contributed by atoms with Crippen molar-refractivity contribution >= 4 is 27.6 Å². The van der Waals surface area contributed by atoms with E-state index in [1.165, 1.54) is 10.3 Å². The Bertz CT molecular complexity index is 1110. The quantitative estimate of drug-likeness (QED) is 0.384. The van der Waals surface area contributed by atoms with Gasteiger partial charge in [0.15, 0.2) is 0 Å². The van der Waals surface area contributed by atoms with E-state index in [1.54, 1.807) is 17.5 Å². The van der Waals surface area contributed by atoms with E-state index in [1.807, 2.05) is 53.6 Å². The molecule has 2 amide bonds. The van der Waals surface area contributed by atoms with Crippen molar-refractivity contribution in [3.05, 3.63) is 94.8 Å². The highest BCUT2D eigenvalue weighted by atomic mass is 32.1. The molecule has 2 heterocycles. The largest absolute Gasteiger partial charge is 0.338 e. The van der Waals surface area contributed by atoms with E-state index in [4.69, 9.17) is 0 Å². The number of urea groups is 1. The number of amides is 2. The van der Waals surface area contributed by atoms with Gasteiger partial charge in [0, 0.05) is 38.4 Å². The fraction of sp³-hybridized carbons (Fsp3) is 0.240. The van der Waals surface area contributed by atoms with Crippen molar-refractivity contribution in [2.45, 2.75) is 32.9 Å². The Morgan fingerprint density at radius 2 is 1.87 bits per heavy atom. The molecule has 0 bridgehead atoms. The topological polar surface area (TPSA) is 58.1 Å². The smallest absolute Gasteiger partial charge is 0.318 e. The molecule has 158 valence electrons. The highest BCUT2D eigenvalue weighted by Gasteiger charge is 2.15. The molecule has 6 heteroatoms. The van der Waals surface area contributed by atoms with Crippen LogP contribution in [0.15, 0.2) is 73.1 Å². The second kappa shape index (κ2) is 10.2. The van der Waals surface area contributed by atoms with Gasteiger partial charge in [-0.2, -0.15) is 0 Å². The Morgan fingerprint density at radius 3 is 2.68 bits per heavy atom. The summed E-state index contributed by atoms with van der Waals surface area (Å²) in [6, 6.07) is 20.2. The van der Waals surface area contributed by atoms with Crippen LogP contribution in [0.1, 0.15) is 28.1 Å². The maximum absolute atomic E-state index is 13.0. The van der Waals surface area contributed by atoms with Crippen LogP contribution in [0.4, 0.5) is 4.79 Å². The lowest BCUT2D eigenvalue weighted by Crippen LogP contribution is -2.39. The first kappa shape index (κ1) is 21.0. The number of carbonyl (C=O) groups is 1. The third-order valence-electron chi connectivity index (χ3n) is 5.19. The normalized spacial score (nSPS) is 10.9. The van der Waals surface area contributed by atoms with Crippen LogP contribution in [0.3, 0.4) is 0 Å². The third-order valence-corrected chi connectivity index (χ3v) is 6.28. The summed E-state index contributed by atoms with van der Waals surface area (Å²) >= 11 is 1.73. The molecule has 4 aromatic rings. The number of nitrogens with one attached hydrogen (secondary N) is 1. The molecule has 4 rings (SSSR count). The van der Waals surface area contributed by atoms with Crippen LogP contribution in [0.5, 0.6) is 0 Å². The van der Waals surface area contributed by atoms with E-state index in [9.17, 15) is 4.79 Å². The molecule has 0 saturated carbocycles. The lowest BCUT2D eigenvalue weighted by molar-refractivity contribution is 0.192. The number of benzene rings is 2. The Morgan fingerprint density at radius 1 is 1.03 bits per heavy atom. The molecule has 1 N–H and O–H groups in total. The predicted molar refractivity (Wildman–Crippen MR) is 126 cm³/mol. The Balaban J connectivity index is 1.36. The number of hydrogen-bond acceptors (Lipinski definition) is 4. The number of fused-ring (bicyclic) bond motifs is 1. The fourth-order valence-electron chi connectivity index (χ4n) is 3.48. The molecule has 0 fully saturated rings. The summed E-state index contributed by atoms with van der Waals surface area (Å²) in [7, 11) is 0. The molecule has 31 heavy (non-hydrogen) atoms. The van der Waals surface area contributed by atoms with Crippen molar-refractivity contribution in [1.82, 2.24) is 20.2 Å². The van der Waals surface area contributed by atoms with E-state index in [0.717, 1.165) is 34.5 Å². The molecule has 0 unspecified atom stereocenters. The van der Waals surface area contributed by atoms with Crippen molar-refractivity contribution in [3.8, 4) is 0 Å². The highest BCUT2D eigenvalue weighted by molar-refractivity contribution is 7.18. The van der Waals surface area contributed by atoms with Crippen LogP contribution >= 0.6 is 11.3 Å². The first-order valence-corrected chi connectivity index (χ1v) is 11.3. The third kappa shape index (κ3) is 5.67. The average molecular weight is 431 g/mol. The molecule has 0 aliphatic carbocycles. The number of pyridine rings is 1. The molecular formula is C25H26N4OS. The minimum Gasteiger partial charge on any atom is -0.338 e. The molecule has 0 atom stereocenters. The molecule has 0 saturated heterocycles. The van der Waals surface area contributed by atoms with Crippen LogP contribution in [-0.2, 0) is 19.5 Å². The zero-order chi connectivity index (χ0) is 21.5. The summed E-state index contributed by atoms with van der Waals surface area (Å²) in [5.41, 5.74) is 4.39. The SMILES string of the molecule is Cc1ccccc1CN(Cc1cccnc1)C(=O)NCCCc1nc2ccccc2s1. The van der Waals surface area contributed by atoms with Gasteiger partial charge in [0.25, 0.3) is 0 Å². The minimum atomic E-state index is -0.0589. The minimum absolute atomic E-state index is 0.0589. The Hall–Kier alpha value is -3.25. The van der Waals surface area contributed by atoms with Gasteiger partial charge in [-0.1, -0.05) is 42.5 Å². The van der Waals surface area contributed by atoms with Gasteiger partial charge in [0.1, 0.15) is 0 Å². The number of thiazole rings is 1. The van der Waals surface area contributed by atoms with E-state index >= 15 is 0 Å². The highest BCUT2D eigenvalue weighted by Crippen LogP contribution is 2.22. The van der Waals surface area contributed by atoms with Crippen LogP contribution in [0, 0.1) is 6.92 Å². The number of carbonyl (C=O) groups excluding carboxylic acids is 1. The van der Waals surface area contributed by atoms with Gasteiger partial charge < -0.3 is 10.2 Å². The van der Waals surface area contributed by atoms with Crippen LogP contribution in [-0.4, -0.2) is 27.4 Å². The average Bonchev–Trinajstić information content (AvgIpc) is 3.21. The summed E-state index contributed by atoms with van der Waals surface area (Å²) in [4.78, 5) is 23.7. The fourth-order valence-corrected chi connectivity index (χ4v) is 4.49. The van der Waals surface area contributed by atoms with E-state index in [0.29, 0.717) is 19.6 Å². The van der Waals surface area contributed by atoms with Crippen LogP contribution in [0.25, 0.3) is 10.2 Å². The number of nitrogens with zero attached hydrogens (tertiary/aromatic N) is 3. The van der Waals surface area contributed by atoms with Crippen molar-refractivity contribution in [2.75, 3.05) is 6.54 Å². The number of aryl methyl sites for hydroxylation is 2. The van der Waals surface area contributed by atoms with Crippen LogP contribution in [0.2, 0.25) is 0 Å². The maximum atomic E-state index is 13.0. The molecule has 5 nitrogen and oxygen atoms in total. The number of rotatable bonds is 8. The summed E-state index contributed by atoms with van der Waals surface area (Å²) < 4.78 is 1.21. The molecule has 2 aromatic heterocycles. The van der Waals surface area contributed by atoms with Gasteiger partial charge in [0.2, 0.25) is 0 Å². The lowest BCUT2D eigenvalue weighted by Gasteiger charge is -2.24. The van der Waals surface area contributed by atoms with E-state index in [-0.39, 0.29) is 6.03 Å². The van der Waals surface area contributed by atoms with Gasteiger partial charge in [0.05, 0.1) is 15.2 Å². The summed E-state index contributed by atoms with van der Waals surface area (Å²) in [6.45, 7) is 3.77. The Kier molecular flexibility index (Phi) is 6.89. The molecular weight excluding hydrogens is 404 g/mol. The first-order valence-electron chi connectivity index (χ1n) is 10.5. The molecule has 0 aliphatic heterocycles. The maximum Gasteiger partial charge on any atom is 0.318 e. The Labute approximate surface area is 186 Å². The van der Waals surface area contributed by atoms with Crippen molar-refractivity contribution in [3.63, 3.8) is 0 Å². The molecule has 0 spiro atoms. The second-order valence-corrected chi connectivity index (χ2v) is 8.67. The first-order chi connectivity index (χ1) is 15.2. The lowest BCUT2D eigenvalue weighted by atomic mass is 10.1. The summed E-state index contributed by atoms with van der Waals surface area (Å²) in [5.74, 6) is 0. The molecule has 0 radical (unpaired) electrons. The van der Waals surface area contributed by atoms with Crippen LogP contribution < -0.4 is 5.32 Å². The van der Waals surface area contributed by atoms with Crippen molar-refractivity contribution in [1.29, 1.82) is 0 Å². The number of aromatic nitrogens is 2. The second-order valence-electron chi connectivity index (χ2n) is 7.55. The van der Waals surface area contributed by atoms with Gasteiger partial charge in [-0.3, -0.25) is 4.98 Å². The zero-order valence-corrected chi connectivity index (χ0v) is 18.4. The monoisotopic (exact) mass is 430 g/mol. The van der Waals surface area contributed by atoms with E-state index in [2.05, 4.69) is 40.4 Å². The zero-order valence-electron chi connectivity index (χ0n) is 17.6. The number of hydrogen-bond donors (Lipinski definition) is 1. The molecule has 0 aliphatic rings. The predicted octanol–water partition coefficient (Wildman–Crippen LogP) is 5.34. The van der Waals surface area contributed by atoms with Gasteiger partial charge in [-0.15, -0.1) is 11.3 Å². The molecule has 2 aromatic carbocycles. The van der Waals surface area contributed by atoms with Crippen molar-refractivity contribution in [2.24, 2.45) is 0 Å². The summed E-state index contributed by atoms with van der Waals surface area (Å²) in [5, 5.41) is 4.20. The summed E-state index contributed by atoms with van der Waals surface area (Å²) in [6.07, 6.45) is 5.28. The van der Waals surface area contributed by atoms with Gasteiger partial charge >= 0.3 is 6.03 Å².